The smallest absolute Gasteiger partial charge is 0.144 e. The highest BCUT2D eigenvalue weighted by molar-refractivity contribution is 7.21. The molecule has 13 rings (SSSR count). The molecular formula is C56H28N4O4S. The zero-order chi connectivity index (χ0) is 43.2. The van der Waals surface area contributed by atoms with Gasteiger partial charge in [-0.3, -0.25) is 0 Å². The highest BCUT2D eigenvalue weighted by atomic mass is 32.1. The lowest BCUT2D eigenvalue weighted by atomic mass is 9.98. The molecule has 0 radical (unpaired) electrons. The number of benzene rings is 9. The molecule has 302 valence electrons. The van der Waals surface area contributed by atoms with Gasteiger partial charge in [0.1, 0.15) is 56.4 Å². The fourth-order valence-electron chi connectivity index (χ4n) is 9.04. The molecule has 0 aliphatic carbocycles. The number of fused-ring (bicyclic) bond motifs is 13. The summed E-state index contributed by atoms with van der Waals surface area (Å²) in [5.41, 5.74) is 9.13. The fourth-order valence-corrected chi connectivity index (χ4v) is 10.3. The van der Waals surface area contributed by atoms with Crippen LogP contribution >= 0.6 is 11.3 Å². The van der Waals surface area contributed by atoms with Crippen LogP contribution in [0.1, 0.15) is 11.1 Å². The van der Waals surface area contributed by atoms with Gasteiger partial charge in [0, 0.05) is 43.4 Å². The van der Waals surface area contributed by atoms with Gasteiger partial charge < -0.3 is 18.3 Å². The maximum absolute atomic E-state index is 9.38. The normalized spacial score (nSPS) is 11.7. The largest absolute Gasteiger partial charge is 0.457 e. The number of furan rings is 2. The van der Waals surface area contributed by atoms with Gasteiger partial charge in [0.05, 0.1) is 44.1 Å². The van der Waals surface area contributed by atoms with Crippen molar-refractivity contribution in [3.8, 4) is 56.0 Å². The minimum absolute atomic E-state index is 0.551. The first-order valence-corrected chi connectivity index (χ1v) is 21.7. The van der Waals surface area contributed by atoms with Crippen LogP contribution in [0.4, 0.5) is 0 Å². The highest BCUT2D eigenvalue weighted by Gasteiger charge is 2.25. The molecular weight excluding hydrogens is 825 g/mol. The van der Waals surface area contributed by atoms with E-state index in [-0.39, 0.29) is 0 Å². The van der Waals surface area contributed by atoms with Crippen LogP contribution in [0.5, 0.6) is 23.0 Å². The van der Waals surface area contributed by atoms with Crippen molar-refractivity contribution in [2.45, 2.75) is 0 Å². The molecule has 4 aromatic heterocycles. The van der Waals surface area contributed by atoms with Crippen LogP contribution in [0, 0.1) is 22.7 Å². The van der Waals surface area contributed by atoms with E-state index in [0.29, 0.717) is 34.1 Å². The van der Waals surface area contributed by atoms with Gasteiger partial charge in [0.15, 0.2) is 0 Å². The molecule has 9 aromatic carbocycles. The molecule has 0 aliphatic heterocycles. The molecule has 0 amide bonds. The molecule has 0 saturated heterocycles. The van der Waals surface area contributed by atoms with E-state index >= 15 is 0 Å². The number of nitrogens with zero attached hydrogens (tertiary/aromatic N) is 4. The molecule has 4 heterocycles. The maximum Gasteiger partial charge on any atom is 0.144 e. The third-order valence-electron chi connectivity index (χ3n) is 12.0. The standard InChI is InChI=1S/C56H28N4O4S/c57-29-31-15-19-33(20-16-31)61-35-23-25-39-45(27-35)46-28-36(62-34-21-17-32(30-58)18-22-34)24-26-40(46)50-49(39)59-51-52(60-50)56(44-12-6-10-42-38-8-2-4-14-48(38)64-54(42)44)65-55(51)43-11-5-9-41-37-7-1-3-13-47(37)63-53(41)43/h1-28H. The first kappa shape index (κ1) is 36.6. The molecule has 0 saturated carbocycles. The summed E-state index contributed by atoms with van der Waals surface area (Å²) >= 11 is 1.64. The maximum atomic E-state index is 9.38. The van der Waals surface area contributed by atoms with E-state index < -0.39 is 0 Å². The van der Waals surface area contributed by atoms with Gasteiger partial charge in [-0.2, -0.15) is 10.5 Å². The van der Waals surface area contributed by atoms with E-state index in [9.17, 15) is 10.5 Å². The number of hydrogen-bond acceptors (Lipinski definition) is 9. The van der Waals surface area contributed by atoms with Crippen LogP contribution in [-0.4, -0.2) is 9.97 Å². The van der Waals surface area contributed by atoms with E-state index in [1.165, 1.54) is 0 Å². The van der Waals surface area contributed by atoms with E-state index in [0.717, 1.165) is 108 Å². The summed E-state index contributed by atoms with van der Waals surface area (Å²) in [4.78, 5) is 13.2. The molecule has 65 heavy (non-hydrogen) atoms. The predicted octanol–water partition coefficient (Wildman–Crippen LogP) is 15.6. The zero-order valence-electron chi connectivity index (χ0n) is 34.0. The van der Waals surface area contributed by atoms with Crippen LogP contribution in [0.2, 0.25) is 0 Å². The van der Waals surface area contributed by atoms with Crippen LogP contribution in [0.3, 0.4) is 0 Å². The molecule has 0 bridgehead atoms. The number of ether oxygens (including phenoxy) is 2. The van der Waals surface area contributed by atoms with Crippen molar-refractivity contribution in [3.05, 3.63) is 181 Å². The minimum Gasteiger partial charge on any atom is -0.457 e. The molecule has 9 heteroatoms. The van der Waals surface area contributed by atoms with Crippen LogP contribution in [0.15, 0.2) is 179 Å². The monoisotopic (exact) mass is 852 g/mol. The second-order valence-corrected chi connectivity index (χ2v) is 16.9. The lowest BCUT2D eigenvalue weighted by Crippen LogP contribution is -1.93. The first-order chi connectivity index (χ1) is 32.1. The predicted molar refractivity (Wildman–Crippen MR) is 258 cm³/mol. The summed E-state index contributed by atoms with van der Waals surface area (Å²) in [6, 6.07) is 59.2. The van der Waals surface area contributed by atoms with Gasteiger partial charge in [-0.25, -0.2) is 9.97 Å². The van der Waals surface area contributed by atoms with Crippen molar-refractivity contribution < 1.29 is 18.3 Å². The molecule has 8 nitrogen and oxygen atoms in total. The van der Waals surface area contributed by atoms with Gasteiger partial charge in [-0.05, 0) is 120 Å². The van der Waals surface area contributed by atoms with E-state index in [2.05, 4.69) is 60.7 Å². The number of para-hydroxylation sites is 4. The first-order valence-electron chi connectivity index (χ1n) is 20.9. The van der Waals surface area contributed by atoms with Crippen LogP contribution in [-0.2, 0) is 0 Å². The third kappa shape index (κ3) is 5.81. The van der Waals surface area contributed by atoms with Gasteiger partial charge in [-0.1, -0.05) is 60.7 Å². The van der Waals surface area contributed by atoms with Crippen LogP contribution in [0.25, 0.3) is 108 Å². The van der Waals surface area contributed by atoms with Gasteiger partial charge in [-0.15, -0.1) is 11.3 Å². The molecule has 0 atom stereocenters. The van der Waals surface area contributed by atoms with Crippen LogP contribution < -0.4 is 9.47 Å². The Morgan fingerprint density at radius 2 is 0.800 bits per heavy atom. The number of aromatic nitrogens is 2. The number of nitriles is 2. The Morgan fingerprint density at radius 3 is 1.25 bits per heavy atom. The summed E-state index contributed by atoms with van der Waals surface area (Å²) in [6.07, 6.45) is 0. The Morgan fingerprint density at radius 1 is 0.385 bits per heavy atom. The summed E-state index contributed by atoms with van der Waals surface area (Å²) in [7, 11) is 0. The van der Waals surface area contributed by atoms with Crippen molar-refractivity contribution in [1.29, 1.82) is 10.5 Å². The SMILES string of the molecule is N#Cc1ccc(Oc2ccc3c(c2)c2cc(Oc4ccc(C#N)cc4)ccc2c2nc4c(-c5cccc6c5oc5ccccc56)sc(-c5cccc6c5oc5ccccc56)c4nc32)cc1. The van der Waals surface area contributed by atoms with Crippen molar-refractivity contribution >= 4 is 98.8 Å². The number of hydrogen-bond donors (Lipinski definition) is 0. The summed E-state index contributed by atoms with van der Waals surface area (Å²) in [5.74, 6) is 2.44. The summed E-state index contributed by atoms with van der Waals surface area (Å²) in [6.45, 7) is 0. The van der Waals surface area contributed by atoms with Crippen molar-refractivity contribution in [1.82, 2.24) is 9.97 Å². The van der Waals surface area contributed by atoms with E-state index in [1.807, 2.05) is 72.8 Å². The fraction of sp³-hybridized carbons (Fsp3) is 0. The lowest BCUT2D eigenvalue weighted by Gasteiger charge is -2.14. The quantitative estimate of drug-likeness (QED) is 0.152. The Kier molecular flexibility index (Phi) is 8.04. The van der Waals surface area contributed by atoms with E-state index in [1.54, 1.807) is 59.9 Å². The lowest BCUT2D eigenvalue weighted by molar-refractivity contribution is 0.482. The highest BCUT2D eigenvalue weighted by Crippen LogP contribution is 2.50. The zero-order valence-corrected chi connectivity index (χ0v) is 34.8. The van der Waals surface area contributed by atoms with Gasteiger partial charge in [0.2, 0.25) is 0 Å². The second kappa shape index (κ2) is 14.3. The Balaban J connectivity index is 1.10. The van der Waals surface area contributed by atoms with E-state index in [4.69, 9.17) is 28.3 Å². The molecule has 0 unspecified atom stereocenters. The van der Waals surface area contributed by atoms with Crippen molar-refractivity contribution in [2.24, 2.45) is 0 Å². The van der Waals surface area contributed by atoms with Gasteiger partial charge in [0.25, 0.3) is 0 Å². The average Bonchev–Trinajstić information content (AvgIpc) is 4.05. The topological polar surface area (TPSA) is 118 Å². The molecule has 0 spiro atoms. The average molecular weight is 853 g/mol. The minimum atomic E-state index is 0.551. The van der Waals surface area contributed by atoms with Crippen molar-refractivity contribution in [3.63, 3.8) is 0 Å². The second-order valence-electron chi connectivity index (χ2n) is 15.8. The molecule has 0 N–H and O–H groups in total. The number of rotatable bonds is 6. The Hall–Kier alpha value is -9.02. The third-order valence-corrected chi connectivity index (χ3v) is 13.3. The molecule has 0 fully saturated rings. The molecule has 0 aliphatic rings. The number of thiophene rings is 1. The summed E-state index contributed by atoms with van der Waals surface area (Å²) < 4.78 is 26.1. The molecule has 13 aromatic rings. The Bertz CT molecular complexity index is 3940. The van der Waals surface area contributed by atoms with Gasteiger partial charge >= 0.3 is 0 Å². The van der Waals surface area contributed by atoms with Crippen molar-refractivity contribution in [2.75, 3.05) is 0 Å². The summed E-state index contributed by atoms with van der Waals surface area (Å²) in [5, 5.41) is 26.5. The Labute approximate surface area is 373 Å².